The van der Waals surface area contributed by atoms with Crippen LogP contribution in [0.15, 0.2) is 36.4 Å². The maximum atomic E-state index is 13.7. The van der Waals surface area contributed by atoms with E-state index in [4.69, 9.17) is 23.2 Å². The molecule has 7 nitrogen and oxygen atoms in total. The first-order valence-corrected chi connectivity index (χ1v) is 14.5. The van der Waals surface area contributed by atoms with Crippen LogP contribution in [0.5, 0.6) is 0 Å². The molecule has 2 aromatic rings. The van der Waals surface area contributed by atoms with E-state index in [0.29, 0.717) is 27.7 Å². The van der Waals surface area contributed by atoms with Crippen molar-refractivity contribution in [1.29, 1.82) is 0 Å². The third kappa shape index (κ3) is 7.85. The van der Waals surface area contributed by atoms with Gasteiger partial charge in [0.15, 0.2) is 0 Å². The molecule has 0 saturated heterocycles. The number of amides is 2. The van der Waals surface area contributed by atoms with Crippen LogP contribution in [-0.4, -0.2) is 50.0 Å². The molecule has 0 radical (unpaired) electrons. The number of carbonyl (C=O) groups is 2. The molecule has 1 N–H and O–H groups in total. The second-order valence-corrected chi connectivity index (χ2v) is 11.8. The molecule has 198 valence electrons. The number of benzene rings is 2. The van der Waals surface area contributed by atoms with E-state index in [1.807, 2.05) is 40.7 Å². The van der Waals surface area contributed by atoms with Gasteiger partial charge in [0.1, 0.15) is 12.6 Å². The molecule has 0 bridgehead atoms. The molecule has 2 aromatic carbocycles. The van der Waals surface area contributed by atoms with Gasteiger partial charge in [0.05, 0.1) is 22.0 Å². The smallest absolute Gasteiger partial charge is 0.244 e. The van der Waals surface area contributed by atoms with Gasteiger partial charge in [-0.15, -0.1) is 0 Å². The number of nitrogens with one attached hydrogen (secondary N) is 1. The van der Waals surface area contributed by atoms with E-state index in [1.165, 1.54) is 4.90 Å². The Morgan fingerprint density at radius 1 is 0.972 bits per heavy atom. The van der Waals surface area contributed by atoms with Crippen LogP contribution in [0.3, 0.4) is 0 Å². The fraction of sp³-hybridized carbons (Fsp3) is 0.462. The zero-order valence-electron chi connectivity index (χ0n) is 21.6. The summed E-state index contributed by atoms with van der Waals surface area (Å²) < 4.78 is 26.5. The number of nitrogens with zero attached hydrogens (tertiary/aromatic N) is 2. The third-order valence-corrected chi connectivity index (χ3v) is 8.06. The Morgan fingerprint density at radius 2 is 1.64 bits per heavy atom. The van der Waals surface area contributed by atoms with Crippen molar-refractivity contribution in [2.24, 2.45) is 0 Å². The molecule has 0 saturated carbocycles. The van der Waals surface area contributed by atoms with Gasteiger partial charge in [-0.2, -0.15) is 0 Å². The summed E-state index contributed by atoms with van der Waals surface area (Å²) >= 11 is 12.2. The zero-order valence-corrected chi connectivity index (χ0v) is 24.0. The summed E-state index contributed by atoms with van der Waals surface area (Å²) in [5.41, 5.74) is 2.97. The number of hydrogen-bond donors (Lipinski definition) is 1. The molecule has 0 spiro atoms. The zero-order chi connectivity index (χ0) is 27.2. The minimum absolute atomic E-state index is 0.0622. The van der Waals surface area contributed by atoms with Gasteiger partial charge in [-0.1, -0.05) is 49.2 Å². The maximum Gasteiger partial charge on any atom is 0.244 e. The van der Waals surface area contributed by atoms with Crippen LogP contribution in [0.2, 0.25) is 10.0 Å². The number of aryl methyl sites for hydroxylation is 2. The van der Waals surface area contributed by atoms with Gasteiger partial charge >= 0.3 is 0 Å². The number of anilines is 1. The molecule has 0 aliphatic carbocycles. The van der Waals surface area contributed by atoms with Crippen LogP contribution in [0.25, 0.3) is 0 Å². The second kappa shape index (κ2) is 12.8. The third-order valence-electron chi connectivity index (χ3n) is 6.18. The summed E-state index contributed by atoms with van der Waals surface area (Å²) in [4.78, 5) is 28.3. The Labute approximate surface area is 224 Å². The van der Waals surface area contributed by atoms with Gasteiger partial charge in [-0.3, -0.25) is 13.9 Å². The van der Waals surface area contributed by atoms with Crippen LogP contribution in [0, 0.1) is 13.8 Å². The normalized spacial score (nSPS) is 13.1. The van der Waals surface area contributed by atoms with Crippen LogP contribution in [0.1, 0.15) is 50.3 Å². The van der Waals surface area contributed by atoms with Crippen molar-refractivity contribution < 1.29 is 18.0 Å². The van der Waals surface area contributed by atoms with Crippen molar-refractivity contribution in [1.82, 2.24) is 10.2 Å². The van der Waals surface area contributed by atoms with E-state index in [-0.39, 0.29) is 18.5 Å². The summed E-state index contributed by atoms with van der Waals surface area (Å²) in [5, 5.41) is 3.64. The Kier molecular flexibility index (Phi) is 10.6. The lowest BCUT2D eigenvalue weighted by atomic mass is 10.1. The van der Waals surface area contributed by atoms with E-state index in [2.05, 4.69) is 5.32 Å². The van der Waals surface area contributed by atoms with E-state index in [1.54, 1.807) is 30.3 Å². The molecule has 2 amide bonds. The van der Waals surface area contributed by atoms with Gasteiger partial charge in [-0.25, -0.2) is 8.42 Å². The lowest BCUT2D eigenvalue weighted by Gasteiger charge is -2.33. The van der Waals surface area contributed by atoms with Gasteiger partial charge in [-0.05, 0) is 74.6 Å². The number of hydrogen-bond acceptors (Lipinski definition) is 4. The molecule has 0 aromatic heterocycles. The fourth-order valence-corrected chi connectivity index (χ4v) is 4.85. The topological polar surface area (TPSA) is 86.8 Å². The molecule has 0 heterocycles. The largest absolute Gasteiger partial charge is 0.352 e. The van der Waals surface area contributed by atoms with Crippen LogP contribution in [-0.2, 0) is 26.2 Å². The molecule has 2 atom stereocenters. The molecule has 2 rings (SSSR count). The minimum atomic E-state index is -3.79. The van der Waals surface area contributed by atoms with Crippen molar-refractivity contribution in [3.63, 3.8) is 0 Å². The first-order valence-electron chi connectivity index (χ1n) is 11.9. The van der Waals surface area contributed by atoms with E-state index in [9.17, 15) is 18.0 Å². The average Bonchev–Trinajstić information content (AvgIpc) is 2.80. The monoisotopic (exact) mass is 555 g/mol. The molecule has 0 aliphatic rings. The highest BCUT2D eigenvalue weighted by Gasteiger charge is 2.32. The molecule has 0 fully saturated rings. The van der Waals surface area contributed by atoms with Crippen LogP contribution >= 0.6 is 23.2 Å². The first-order chi connectivity index (χ1) is 16.8. The highest BCUT2D eigenvalue weighted by molar-refractivity contribution is 7.92. The molecular weight excluding hydrogens is 521 g/mol. The van der Waals surface area contributed by atoms with Gasteiger partial charge in [0, 0.05) is 12.6 Å². The van der Waals surface area contributed by atoms with Crippen molar-refractivity contribution >= 4 is 50.7 Å². The minimum Gasteiger partial charge on any atom is -0.352 e. The number of carbonyl (C=O) groups excluding carboxylic acids is 2. The van der Waals surface area contributed by atoms with E-state index < -0.39 is 28.5 Å². The predicted octanol–water partition coefficient (Wildman–Crippen LogP) is 5.10. The lowest BCUT2D eigenvalue weighted by Crippen LogP contribution is -2.53. The van der Waals surface area contributed by atoms with Gasteiger partial charge < -0.3 is 10.2 Å². The fourth-order valence-electron chi connectivity index (χ4n) is 3.69. The highest BCUT2D eigenvalue weighted by Crippen LogP contribution is 2.25. The summed E-state index contributed by atoms with van der Waals surface area (Å²) in [6.07, 6.45) is 2.14. The molecule has 10 heteroatoms. The van der Waals surface area contributed by atoms with E-state index in [0.717, 1.165) is 28.1 Å². The molecule has 0 aliphatic heterocycles. The van der Waals surface area contributed by atoms with Crippen LogP contribution < -0.4 is 9.62 Å². The highest BCUT2D eigenvalue weighted by atomic mass is 35.5. The van der Waals surface area contributed by atoms with Gasteiger partial charge in [0.25, 0.3) is 0 Å². The Balaban J connectivity index is 2.48. The first kappa shape index (κ1) is 29.9. The van der Waals surface area contributed by atoms with Crippen LogP contribution in [0.4, 0.5) is 5.69 Å². The van der Waals surface area contributed by atoms with E-state index >= 15 is 0 Å². The molecule has 0 unspecified atom stereocenters. The summed E-state index contributed by atoms with van der Waals surface area (Å²) in [6, 6.07) is 9.34. The summed E-state index contributed by atoms with van der Waals surface area (Å²) in [7, 11) is -3.79. The predicted molar refractivity (Wildman–Crippen MR) is 147 cm³/mol. The standard InChI is InChI=1S/C26H35Cl2N3O4S/c1-7-19(5)29-26(33)24(8-2)30(15-20-10-12-22(27)23(28)14-20)25(32)16-31(36(6,34)35)21-11-9-17(3)18(4)13-21/h9-14,19,24H,7-8,15-16H2,1-6H3,(H,29,33)/t19-,24+/m1/s1. The lowest BCUT2D eigenvalue weighted by molar-refractivity contribution is -0.140. The Hall–Kier alpha value is -2.29. The summed E-state index contributed by atoms with van der Waals surface area (Å²) in [6.45, 7) is 9.08. The average molecular weight is 557 g/mol. The van der Waals surface area contributed by atoms with Gasteiger partial charge in [0.2, 0.25) is 21.8 Å². The molecule has 36 heavy (non-hydrogen) atoms. The Bertz CT molecular complexity index is 1200. The second-order valence-electron chi connectivity index (χ2n) is 9.05. The number of halogens is 2. The summed E-state index contributed by atoms with van der Waals surface area (Å²) in [5.74, 6) is -0.798. The van der Waals surface area contributed by atoms with Crippen molar-refractivity contribution in [3.05, 3.63) is 63.1 Å². The van der Waals surface area contributed by atoms with Crippen molar-refractivity contribution in [3.8, 4) is 0 Å². The number of sulfonamides is 1. The number of rotatable bonds is 11. The van der Waals surface area contributed by atoms with Crippen molar-refractivity contribution in [2.75, 3.05) is 17.1 Å². The SMILES string of the molecule is CC[C@@H](C)NC(=O)[C@H](CC)N(Cc1ccc(Cl)c(Cl)c1)C(=O)CN(c1ccc(C)c(C)c1)S(C)(=O)=O. The quantitative estimate of drug-likeness (QED) is 0.418. The maximum absolute atomic E-state index is 13.7. The Morgan fingerprint density at radius 3 is 2.17 bits per heavy atom. The molecular formula is C26H35Cl2N3O4S. The van der Waals surface area contributed by atoms with Crippen molar-refractivity contribution in [2.45, 2.75) is 66.1 Å².